The number of hydrogen-bond acceptors (Lipinski definition) is 5. The Bertz CT molecular complexity index is 487. The second kappa shape index (κ2) is 7.69. The molecular weight excluding hydrogens is 270 g/mol. The number of non-ortho nitro benzene ring substituents is 1. The van der Waals surface area contributed by atoms with Crippen LogP contribution >= 0.6 is 0 Å². The number of benzene rings is 1. The third-order valence-corrected chi connectivity index (χ3v) is 2.40. The molecule has 0 heterocycles. The van der Waals surface area contributed by atoms with Crippen molar-refractivity contribution < 1.29 is 25.1 Å². The zero-order valence-electron chi connectivity index (χ0n) is 10.4. The fraction of sp³-hybridized carbons (Fsp3) is 0.273. The fourth-order valence-corrected chi connectivity index (χ4v) is 1.42. The first-order chi connectivity index (χ1) is 8.90. The number of aliphatic carboxylic acids is 1. The number of amides is 1. The van der Waals surface area contributed by atoms with E-state index in [-0.39, 0.29) is 24.0 Å². The van der Waals surface area contributed by atoms with Gasteiger partial charge >= 0.3 is 5.97 Å². The van der Waals surface area contributed by atoms with Gasteiger partial charge in [-0.05, 0) is 18.6 Å². The summed E-state index contributed by atoms with van der Waals surface area (Å²) in [6.45, 7) is 0. The van der Waals surface area contributed by atoms with Gasteiger partial charge in [0.25, 0.3) is 5.69 Å². The van der Waals surface area contributed by atoms with Gasteiger partial charge in [0.2, 0.25) is 5.91 Å². The van der Waals surface area contributed by atoms with Crippen molar-refractivity contribution in [2.24, 2.45) is 5.73 Å². The maximum atomic E-state index is 11.0. The van der Waals surface area contributed by atoms with E-state index in [1.807, 2.05) is 0 Å². The number of nitro benzene ring substituents is 1. The lowest BCUT2D eigenvalue weighted by Crippen LogP contribution is -2.30. The highest BCUT2D eigenvalue weighted by molar-refractivity contribution is 5.79. The van der Waals surface area contributed by atoms with Gasteiger partial charge in [-0.15, -0.1) is 0 Å². The molecule has 0 unspecified atom stereocenters. The van der Waals surface area contributed by atoms with Crippen LogP contribution in [-0.4, -0.2) is 33.4 Å². The first kappa shape index (κ1) is 17.3. The van der Waals surface area contributed by atoms with Crippen LogP contribution < -0.4 is 11.1 Å². The zero-order valence-corrected chi connectivity index (χ0v) is 10.4. The van der Waals surface area contributed by atoms with Crippen LogP contribution in [0, 0.1) is 10.1 Å². The van der Waals surface area contributed by atoms with Gasteiger partial charge in [-0.3, -0.25) is 14.9 Å². The molecule has 1 aromatic carbocycles. The molecule has 9 nitrogen and oxygen atoms in total. The molecule has 110 valence electrons. The highest BCUT2D eigenvalue weighted by Crippen LogP contribution is 2.17. The number of rotatable bonds is 7. The van der Waals surface area contributed by atoms with Gasteiger partial charge in [0.15, 0.2) is 0 Å². The first-order valence-corrected chi connectivity index (χ1v) is 5.42. The topological polar surface area (TPSA) is 167 Å². The molecule has 20 heavy (non-hydrogen) atoms. The Balaban J connectivity index is 0.00000361. The van der Waals surface area contributed by atoms with E-state index < -0.39 is 22.8 Å². The number of nitro groups is 1. The molecule has 0 aliphatic rings. The van der Waals surface area contributed by atoms with Gasteiger partial charge in [-0.2, -0.15) is 0 Å². The molecule has 0 saturated carbocycles. The van der Waals surface area contributed by atoms with Crippen molar-refractivity contribution in [2.45, 2.75) is 18.9 Å². The van der Waals surface area contributed by atoms with Gasteiger partial charge in [0, 0.05) is 24.2 Å². The number of carbonyl (C=O) groups is 2. The molecule has 1 aromatic rings. The average Bonchev–Trinajstić information content (AvgIpc) is 2.34. The van der Waals surface area contributed by atoms with Crippen molar-refractivity contribution in [1.29, 1.82) is 0 Å². The quantitative estimate of drug-likeness (QED) is 0.467. The largest absolute Gasteiger partial charge is 0.480 e. The second-order valence-corrected chi connectivity index (χ2v) is 3.84. The predicted molar refractivity (Wildman–Crippen MR) is 70.2 cm³/mol. The molecule has 0 fully saturated rings. The molecule has 0 aromatic heterocycles. The molecule has 0 aliphatic heterocycles. The summed E-state index contributed by atoms with van der Waals surface area (Å²) in [7, 11) is 0. The van der Waals surface area contributed by atoms with Gasteiger partial charge in [-0.1, -0.05) is 0 Å². The number of anilines is 1. The van der Waals surface area contributed by atoms with Crippen LogP contribution in [0.25, 0.3) is 0 Å². The number of primary amides is 1. The maximum absolute atomic E-state index is 11.0. The van der Waals surface area contributed by atoms with E-state index in [1.165, 1.54) is 24.3 Å². The monoisotopic (exact) mass is 285 g/mol. The Kier molecular flexibility index (Phi) is 6.66. The number of nitrogens with two attached hydrogens (primary N) is 1. The molecule has 0 spiro atoms. The molecule has 0 aliphatic carbocycles. The van der Waals surface area contributed by atoms with Crippen molar-refractivity contribution in [1.82, 2.24) is 0 Å². The van der Waals surface area contributed by atoms with Crippen LogP contribution in [0.15, 0.2) is 24.3 Å². The lowest BCUT2D eigenvalue weighted by molar-refractivity contribution is -0.384. The van der Waals surface area contributed by atoms with E-state index in [9.17, 15) is 19.7 Å². The van der Waals surface area contributed by atoms with Gasteiger partial charge in [-0.25, -0.2) is 4.79 Å². The van der Waals surface area contributed by atoms with E-state index in [0.717, 1.165) is 0 Å². The Morgan fingerprint density at radius 3 is 2.30 bits per heavy atom. The molecule has 9 heteroatoms. The van der Waals surface area contributed by atoms with Crippen LogP contribution in [0.4, 0.5) is 11.4 Å². The fourth-order valence-electron chi connectivity index (χ4n) is 1.42. The lowest BCUT2D eigenvalue weighted by atomic mass is 10.1. The Labute approximate surface area is 113 Å². The predicted octanol–water partition coefficient (Wildman–Crippen LogP) is -0.0993. The van der Waals surface area contributed by atoms with Crippen LogP contribution in [-0.2, 0) is 9.59 Å². The van der Waals surface area contributed by atoms with E-state index in [1.54, 1.807) is 0 Å². The molecule has 0 saturated heterocycles. The van der Waals surface area contributed by atoms with Gasteiger partial charge < -0.3 is 21.6 Å². The smallest absolute Gasteiger partial charge is 0.326 e. The Morgan fingerprint density at radius 2 is 1.90 bits per heavy atom. The van der Waals surface area contributed by atoms with E-state index >= 15 is 0 Å². The van der Waals surface area contributed by atoms with E-state index in [0.29, 0.717) is 5.69 Å². The summed E-state index contributed by atoms with van der Waals surface area (Å²) in [6.07, 6.45) is -0.0153. The minimum Gasteiger partial charge on any atom is -0.480 e. The van der Waals surface area contributed by atoms with Crippen LogP contribution in [0.1, 0.15) is 12.8 Å². The summed E-state index contributed by atoms with van der Waals surface area (Å²) < 4.78 is 0. The SMILES string of the molecule is NC(=O)CC[C@@H](Nc1ccc([N+](=O)[O-])cc1)C(=O)O.O. The number of carboxylic acids is 1. The van der Waals surface area contributed by atoms with Gasteiger partial charge in [0.1, 0.15) is 6.04 Å². The summed E-state index contributed by atoms with van der Waals surface area (Å²) in [5.41, 5.74) is 5.28. The third kappa shape index (κ3) is 5.31. The number of carboxylic acid groups (broad SMARTS) is 1. The van der Waals surface area contributed by atoms with Crippen molar-refractivity contribution in [3.8, 4) is 0 Å². The molecule has 1 atom stereocenters. The van der Waals surface area contributed by atoms with E-state index in [4.69, 9.17) is 10.8 Å². The third-order valence-electron chi connectivity index (χ3n) is 2.40. The molecule has 1 rings (SSSR count). The van der Waals surface area contributed by atoms with Crippen LogP contribution in [0.3, 0.4) is 0 Å². The van der Waals surface area contributed by atoms with Crippen LogP contribution in [0.2, 0.25) is 0 Å². The molecule has 0 radical (unpaired) electrons. The summed E-state index contributed by atoms with van der Waals surface area (Å²) in [6, 6.07) is 4.34. The number of nitrogens with one attached hydrogen (secondary N) is 1. The minimum atomic E-state index is -1.13. The van der Waals surface area contributed by atoms with Crippen molar-refractivity contribution >= 4 is 23.3 Å². The number of carbonyl (C=O) groups excluding carboxylic acids is 1. The normalized spacial score (nSPS) is 11.0. The maximum Gasteiger partial charge on any atom is 0.326 e. The first-order valence-electron chi connectivity index (χ1n) is 5.42. The highest BCUT2D eigenvalue weighted by Gasteiger charge is 2.18. The minimum absolute atomic E-state index is 0. The molecule has 6 N–H and O–H groups in total. The molecular formula is C11H15N3O6. The standard InChI is InChI=1S/C11H13N3O5.H2O/c12-10(15)6-5-9(11(16)17)13-7-1-3-8(4-2-7)14(18)19;/h1-4,9,13H,5-6H2,(H2,12,15)(H,16,17);1H2/t9-;/m1./s1. The molecule has 1 amide bonds. The second-order valence-electron chi connectivity index (χ2n) is 3.84. The Hall–Kier alpha value is -2.68. The summed E-state index contributed by atoms with van der Waals surface area (Å²) >= 11 is 0. The van der Waals surface area contributed by atoms with Crippen molar-refractivity contribution in [2.75, 3.05) is 5.32 Å². The lowest BCUT2D eigenvalue weighted by Gasteiger charge is -2.14. The average molecular weight is 285 g/mol. The number of nitrogens with zero attached hydrogens (tertiary/aromatic N) is 1. The van der Waals surface area contributed by atoms with Gasteiger partial charge in [0.05, 0.1) is 4.92 Å². The molecule has 0 bridgehead atoms. The van der Waals surface area contributed by atoms with E-state index in [2.05, 4.69) is 5.32 Å². The zero-order chi connectivity index (χ0) is 14.4. The van der Waals surface area contributed by atoms with Crippen molar-refractivity contribution in [3.05, 3.63) is 34.4 Å². The van der Waals surface area contributed by atoms with Crippen LogP contribution in [0.5, 0.6) is 0 Å². The highest BCUT2D eigenvalue weighted by atomic mass is 16.6. The Morgan fingerprint density at radius 1 is 1.35 bits per heavy atom. The summed E-state index contributed by atoms with van der Waals surface area (Å²) in [4.78, 5) is 31.5. The number of hydrogen-bond donors (Lipinski definition) is 3. The summed E-state index contributed by atoms with van der Waals surface area (Å²) in [5, 5.41) is 22.1. The van der Waals surface area contributed by atoms with Crippen molar-refractivity contribution in [3.63, 3.8) is 0 Å². The summed E-state index contributed by atoms with van der Waals surface area (Å²) in [5.74, 6) is -1.71.